The van der Waals surface area contributed by atoms with Gasteiger partial charge in [0.05, 0.1) is 6.54 Å². The maximum absolute atomic E-state index is 13.1. The fourth-order valence-corrected chi connectivity index (χ4v) is 3.22. The monoisotopic (exact) mass is 324 g/mol. The van der Waals surface area contributed by atoms with Gasteiger partial charge < -0.3 is 10.6 Å². The van der Waals surface area contributed by atoms with Crippen molar-refractivity contribution < 1.29 is 13.6 Å². The Hall–Kier alpha value is -1.57. The smallest absolute Gasteiger partial charge is 0.238 e. The Morgan fingerprint density at radius 1 is 1.22 bits per heavy atom. The van der Waals surface area contributed by atoms with Crippen molar-refractivity contribution in [2.75, 3.05) is 51.1 Å². The summed E-state index contributed by atoms with van der Waals surface area (Å²) in [6.07, 6.45) is 1.19. The van der Waals surface area contributed by atoms with Crippen molar-refractivity contribution in [2.45, 2.75) is 12.5 Å². The van der Waals surface area contributed by atoms with Crippen molar-refractivity contribution in [3.63, 3.8) is 0 Å². The van der Waals surface area contributed by atoms with Crippen LogP contribution in [0.1, 0.15) is 6.42 Å². The predicted molar refractivity (Wildman–Crippen MR) is 84.3 cm³/mol. The zero-order valence-electron chi connectivity index (χ0n) is 13.0. The third-order valence-electron chi connectivity index (χ3n) is 4.53. The molecule has 2 N–H and O–H groups in total. The lowest BCUT2D eigenvalue weighted by Gasteiger charge is -2.37. The fraction of sp³-hybridized carbons (Fsp3) is 0.562. The summed E-state index contributed by atoms with van der Waals surface area (Å²) >= 11 is 0. The third-order valence-corrected chi connectivity index (χ3v) is 4.53. The van der Waals surface area contributed by atoms with E-state index in [1.165, 1.54) is 12.5 Å². The summed E-state index contributed by atoms with van der Waals surface area (Å²) in [5, 5.41) is 5.98. The number of hydrogen-bond acceptors (Lipinski definition) is 4. The highest BCUT2D eigenvalue weighted by Gasteiger charge is 2.26. The van der Waals surface area contributed by atoms with E-state index in [1.807, 2.05) is 0 Å². The van der Waals surface area contributed by atoms with Crippen LogP contribution in [0.4, 0.5) is 14.5 Å². The van der Waals surface area contributed by atoms with Gasteiger partial charge in [0.2, 0.25) is 5.91 Å². The fourth-order valence-electron chi connectivity index (χ4n) is 3.22. The van der Waals surface area contributed by atoms with Gasteiger partial charge in [0.25, 0.3) is 0 Å². The minimum absolute atomic E-state index is 0.202. The molecule has 2 aliphatic heterocycles. The van der Waals surface area contributed by atoms with Gasteiger partial charge in [-0.3, -0.25) is 14.6 Å². The van der Waals surface area contributed by atoms with Gasteiger partial charge in [-0.1, -0.05) is 0 Å². The van der Waals surface area contributed by atoms with Crippen LogP contribution in [0.15, 0.2) is 18.2 Å². The van der Waals surface area contributed by atoms with Crippen molar-refractivity contribution in [3.8, 4) is 0 Å². The van der Waals surface area contributed by atoms with Gasteiger partial charge in [-0.15, -0.1) is 0 Å². The van der Waals surface area contributed by atoms with E-state index in [-0.39, 0.29) is 18.1 Å². The first-order valence-electron chi connectivity index (χ1n) is 8.04. The average molecular weight is 324 g/mol. The number of rotatable bonds is 4. The molecular formula is C16H22F2N4O. The molecule has 0 bridgehead atoms. The van der Waals surface area contributed by atoms with Crippen LogP contribution >= 0.6 is 0 Å². The predicted octanol–water partition coefficient (Wildman–Crippen LogP) is 0.883. The van der Waals surface area contributed by atoms with Gasteiger partial charge in [0, 0.05) is 50.5 Å². The number of benzene rings is 1. The lowest BCUT2D eigenvalue weighted by atomic mass is 10.2. The lowest BCUT2D eigenvalue weighted by Crippen LogP contribution is -2.52. The molecule has 2 heterocycles. The van der Waals surface area contributed by atoms with Crippen LogP contribution in [0.25, 0.3) is 0 Å². The molecule has 1 unspecified atom stereocenters. The third kappa shape index (κ3) is 4.25. The summed E-state index contributed by atoms with van der Waals surface area (Å²) in [5.41, 5.74) is 0.282. The van der Waals surface area contributed by atoms with Crippen molar-refractivity contribution in [1.82, 2.24) is 15.1 Å². The average Bonchev–Trinajstić information content (AvgIpc) is 3.06. The van der Waals surface area contributed by atoms with E-state index in [4.69, 9.17) is 0 Å². The van der Waals surface area contributed by atoms with Crippen molar-refractivity contribution in [2.24, 2.45) is 0 Å². The molecule has 0 saturated carbocycles. The Bertz CT molecular complexity index is 555. The molecule has 2 fully saturated rings. The molecule has 0 radical (unpaired) electrons. The quantitative estimate of drug-likeness (QED) is 0.863. The Balaban J connectivity index is 1.44. The van der Waals surface area contributed by atoms with E-state index >= 15 is 0 Å². The van der Waals surface area contributed by atoms with Gasteiger partial charge in [0.15, 0.2) is 11.6 Å². The molecule has 23 heavy (non-hydrogen) atoms. The topological polar surface area (TPSA) is 47.6 Å². The largest absolute Gasteiger partial charge is 0.325 e. The second-order valence-corrected chi connectivity index (χ2v) is 6.14. The number of amides is 1. The highest BCUT2D eigenvalue weighted by atomic mass is 19.2. The summed E-state index contributed by atoms with van der Waals surface area (Å²) in [6, 6.07) is 3.99. The van der Waals surface area contributed by atoms with Gasteiger partial charge in [-0.05, 0) is 25.1 Å². The molecule has 1 aromatic rings. The number of anilines is 1. The van der Waals surface area contributed by atoms with Crippen molar-refractivity contribution in [3.05, 3.63) is 29.8 Å². The number of carbonyl (C=O) groups excluding carboxylic acids is 1. The Kier molecular flexibility index (Phi) is 5.20. The van der Waals surface area contributed by atoms with Gasteiger partial charge in [-0.2, -0.15) is 0 Å². The minimum Gasteiger partial charge on any atom is -0.325 e. The standard InChI is InChI=1S/C16H22F2N4O/c17-14-2-1-12(9-15(14)18)20-16(23)11-21-5-7-22(8-6-21)13-3-4-19-10-13/h1-2,9,13,19H,3-8,10-11H2,(H,20,23). The lowest BCUT2D eigenvalue weighted by molar-refractivity contribution is -0.117. The maximum atomic E-state index is 13.1. The Morgan fingerprint density at radius 3 is 2.65 bits per heavy atom. The van der Waals surface area contributed by atoms with E-state index in [1.54, 1.807) is 0 Å². The molecule has 0 aliphatic carbocycles. The molecule has 2 saturated heterocycles. The highest BCUT2D eigenvalue weighted by Crippen LogP contribution is 2.14. The first kappa shape index (κ1) is 16.3. The molecule has 2 aliphatic rings. The number of carbonyl (C=O) groups is 1. The van der Waals surface area contributed by atoms with Crippen molar-refractivity contribution in [1.29, 1.82) is 0 Å². The molecule has 7 heteroatoms. The first-order chi connectivity index (χ1) is 11.1. The number of piperazine rings is 1. The van der Waals surface area contributed by atoms with Crippen LogP contribution in [0, 0.1) is 11.6 Å². The van der Waals surface area contributed by atoms with Gasteiger partial charge >= 0.3 is 0 Å². The van der Waals surface area contributed by atoms with E-state index in [0.29, 0.717) is 6.04 Å². The van der Waals surface area contributed by atoms with E-state index < -0.39 is 11.6 Å². The number of halogens is 2. The summed E-state index contributed by atoms with van der Waals surface area (Å²) in [5.74, 6) is -2.07. The number of nitrogens with zero attached hydrogens (tertiary/aromatic N) is 2. The normalized spacial score (nSPS) is 23.1. The summed E-state index contributed by atoms with van der Waals surface area (Å²) in [6.45, 7) is 6.03. The molecular weight excluding hydrogens is 302 g/mol. The van der Waals surface area contributed by atoms with Crippen LogP contribution in [-0.2, 0) is 4.79 Å². The van der Waals surface area contributed by atoms with Crippen LogP contribution in [0.2, 0.25) is 0 Å². The first-order valence-corrected chi connectivity index (χ1v) is 8.04. The van der Waals surface area contributed by atoms with Crippen molar-refractivity contribution >= 4 is 11.6 Å². The van der Waals surface area contributed by atoms with E-state index in [2.05, 4.69) is 20.4 Å². The minimum atomic E-state index is -0.957. The van der Waals surface area contributed by atoms with Crippen LogP contribution < -0.4 is 10.6 Å². The summed E-state index contributed by atoms with van der Waals surface area (Å²) < 4.78 is 26.0. The molecule has 126 valence electrons. The SMILES string of the molecule is O=C(CN1CCN(C2CCNC2)CC1)Nc1ccc(F)c(F)c1. The second-order valence-electron chi connectivity index (χ2n) is 6.14. The molecule has 1 aromatic carbocycles. The molecule has 1 amide bonds. The molecule has 0 aromatic heterocycles. The van der Waals surface area contributed by atoms with E-state index in [9.17, 15) is 13.6 Å². The zero-order valence-corrected chi connectivity index (χ0v) is 13.0. The number of nitrogens with one attached hydrogen (secondary N) is 2. The zero-order chi connectivity index (χ0) is 16.2. The number of hydrogen-bond donors (Lipinski definition) is 2. The molecule has 5 nitrogen and oxygen atoms in total. The molecule has 3 rings (SSSR count). The van der Waals surface area contributed by atoms with Crippen LogP contribution in [-0.4, -0.2) is 67.6 Å². The summed E-state index contributed by atoms with van der Waals surface area (Å²) in [7, 11) is 0. The van der Waals surface area contributed by atoms with Crippen LogP contribution in [0.3, 0.4) is 0 Å². The van der Waals surface area contributed by atoms with Crippen LogP contribution in [0.5, 0.6) is 0 Å². The van der Waals surface area contributed by atoms with E-state index in [0.717, 1.165) is 51.4 Å². The Morgan fingerprint density at radius 2 is 2.00 bits per heavy atom. The molecule has 0 spiro atoms. The van der Waals surface area contributed by atoms with Gasteiger partial charge in [-0.25, -0.2) is 8.78 Å². The second kappa shape index (κ2) is 7.33. The summed E-state index contributed by atoms with van der Waals surface area (Å²) in [4.78, 5) is 16.6. The maximum Gasteiger partial charge on any atom is 0.238 e. The van der Waals surface area contributed by atoms with Gasteiger partial charge in [0.1, 0.15) is 0 Å². The molecule has 1 atom stereocenters. The Labute approximate surface area is 134 Å². The highest BCUT2D eigenvalue weighted by molar-refractivity contribution is 5.92.